The maximum atomic E-state index is 5.94. The van der Waals surface area contributed by atoms with E-state index >= 15 is 0 Å². The van der Waals surface area contributed by atoms with E-state index in [1.54, 1.807) is 0 Å². The fourth-order valence-corrected chi connectivity index (χ4v) is 2.11. The predicted octanol–water partition coefficient (Wildman–Crippen LogP) is 3.45. The third kappa shape index (κ3) is 3.35. The van der Waals surface area contributed by atoms with Gasteiger partial charge in [-0.2, -0.15) is 0 Å². The molecule has 0 aliphatic rings. The molecule has 0 radical (unpaired) electrons. The van der Waals surface area contributed by atoms with Crippen LogP contribution < -0.4 is 5.32 Å². The maximum absolute atomic E-state index is 5.94. The quantitative estimate of drug-likeness (QED) is 0.858. The molecule has 1 aromatic carbocycles. The van der Waals surface area contributed by atoms with Crippen LogP contribution in [0, 0.1) is 0 Å². The van der Waals surface area contributed by atoms with E-state index in [0.29, 0.717) is 0 Å². The van der Waals surface area contributed by atoms with Crippen LogP contribution in [0.4, 0.5) is 0 Å². The molecule has 2 aromatic rings. The standard InChI is InChI=1S/C14H17ClN2/c1-2-17-8-4-7-14(17)11-16-10-12-5-3-6-13(15)9-12/h3-9,16H,2,10-11H2,1H3. The molecule has 2 rings (SSSR count). The number of nitrogens with one attached hydrogen (secondary N) is 1. The van der Waals surface area contributed by atoms with Gasteiger partial charge >= 0.3 is 0 Å². The highest BCUT2D eigenvalue weighted by Gasteiger charge is 1.99. The lowest BCUT2D eigenvalue weighted by atomic mass is 10.2. The van der Waals surface area contributed by atoms with E-state index in [1.165, 1.54) is 11.3 Å². The van der Waals surface area contributed by atoms with E-state index < -0.39 is 0 Å². The Hall–Kier alpha value is -1.25. The number of halogens is 1. The lowest BCUT2D eigenvalue weighted by Gasteiger charge is -2.08. The second-order valence-electron chi connectivity index (χ2n) is 4.02. The first-order chi connectivity index (χ1) is 8.29. The number of hydrogen-bond acceptors (Lipinski definition) is 1. The fraction of sp³-hybridized carbons (Fsp3) is 0.286. The van der Waals surface area contributed by atoms with Gasteiger partial charge in [-0.15, -0.1) is 0 Å². The van der Waals surface area contributed by atoms with Crippen molar-refractivity contribution in [3.63, 3.8) is 0 Å². The smallest absolute Gasteiger partial charge is 0.0409 e. The molecule has 0 saturated carbocycles. The minimum Gasteiger partial charge on any atom is -0.351 e. The highest BCUT2D eigenvalue weighted by atomic mass is 35.5. The number of rotatable bonds is 5. The van der Waals surface area contributed by atoms with Gasteiger partial charge in [0.2, 0.25) is 0 Å². The minimum atomic E-state index is 0.793. The van der Waals surface area contributed by atoms with E-state index in [9.17, 15) is 0 Å². The van der Waals surface area contributed by atoms with Gasteiger partial charge < -0.3 is 9.88 Å². The summed E-state index contributed by atoms with van der Waals surface area (Å²) in [6.45, 7) is 4.89. The lowest BCUT2D eigenvalue weighted by molar-refractivity contribution is 0.629. The van der Waals surface area contributed by atoms with Crippen LogP contribution in [-0.4, -0.2) is 4.57 Å². The number of hydrogen-bond donors (Lipinski definition) is 1. The third-order valence-electron chi connectivity index (χ3n) is 2.79. The minimum absolute atomic E-state index is 0.793. The molecule has 90 valence electrons. The molecule has 2 nitrogen and oxygen atoms in total. The zero-order valence-corrected chi connectivity index (χ0v) is 10.7. The molecule has 0 spiro atoms. The Morgan fingerprint density at radius 2 is 2.06 bits per heavy atom. The Balaban J connectivity index is 1.87. The van der Waals surface area contributed by atoms with Gasteiger partial charge in [0, 0.05) is 36.5 Å². The largest absolute Gasteiger partial charge is 0.351 e. The number of aromatic nitrogens is 1. The monoisotopic (exact) mass is 248 g/mol. The molecule has 0 aliphatic carbocycles. The van der Waals surface area contributed by atoms with Crippen LogP contribution >= 0.6 is 11.6 Å². The first kappa shape index (κ1) is 12.2. The highest BCUT2D eigenvalue weighted by molar-refractivity contribution is 6.30. The van der Waals surface area contributed by atoms with Gasteiger partial charge in [-0.1, -0.05) is 23.7 Å². The molecule has 1 N–H and O–H groups in total. The number of benzene rings is 1. The zero-order chi connectivity index (χ0) is 12.1. The van der Waals surface area contributed by atoms with Gasteiger partial charge in [0.15, 0.2) is 0 Å². The molecule has 1 heterocycles. The van der Waals surface area contributed by atoms with E-state index in [0.717, 1.165) is 24.7 Å². The second kappa shape index (κ2) is 5.89. The van der Waals surface area contributed by atoms with Gasteiger partial charge in [-0.05, 0) is 36.8 Å². The van der Waals surface area contributed by atoms with Crippen LogP contribution in [0.15, 0.2) is 42.6 Å². The van der Waals surface area contributed by atoms with Crippen molar-refractivity contribution >= 4 is 11.6 Å². The van der Waals surface area contributed by atoms with E-state index in [1.807, 2.05) is 18.2 Å². The average Bonchev–Trinajstić information content (AvgIpc) is 2.77. The molecule has 3 heteroatoms. The molecule has 1 aromatic heterocycles. The first-order valence-corrected chi connectivity index (χ1v) is 6.26. The summed E-state index contributed by atoms with van der Waals surface area (Å²) in [5.74, 6) is 0. The summed E-state index contributed by atoms with van der Waals surface area (Å²) in [5, 5.41) is 4.22. The molecule has 17 heavy (non-hydrogen) atoms. The molecule has 0 fully saturated rings. The Morgan fingerprint density at radius 1 is 1.18 bits per heavy atom. The van der Waals surface area contributed by atoms with Crippen molar-refractivity contribution < 1.29 is 0 Å². The van der Waals surface area contributed by atoms with Crippen LogP contribution in [0.3, 0.4) is 0 Å². The number of aryl methyl sites for hydroxylation is 1. The van der Waals surface area contributed by atoms with Crippen molar-refractivity contribution in [2.75, 3.05) is 0 Å². The predicted molar refractivity (Wildman–Crippen MR) is 72.1 cm³/mol. The summed E-state index contributed by atoms with van der Waals surface area (Å²) in [5.41, 5.74) is 2.53. The summed E-state index contributed by atoms with van der Waals surface area (Å²) < 4.78 is 2.24. The van der Waals surface area contributed by atoms with Crippen molar-refractivity contribution in [3.05, 3.63) is 58.9 Å². The van der Waals surface area contributed by atoms with Gasteiger partial charge in [-0.3, -0.25) is 0 Å². The second-order valence-corrected chi connectivity index (χ2v) is 4.46. The molecule has 0 unspecified atom stereocenters. The topological polar surface area (TPSA) is 17.0 Å². The highest BCUT2D eigenvalue weighted by Crippen LogP contribution is 2.10. The van der Waals surface area contributed by atoms with Crippen molar-refractivity contribution in [2.45, 2.75) is 26.6 Å². The van der Waals surface area contributed by atoms with Gasteiger partial charge in [0.05, 0.1) is 0 Å². The van der Waals surface area contributed by atoms with Crippen LogP contribution in [0.5, 0.6) is 0 Å². The molecular weight excluding hydrogens is 232 g/mol. The van der Waals surface area contributed by atoms with Crippen LogP contribution in [0.1, 0.15) is 18.2 Å². The Kier molecular flexibility index (Phi) is 4.24. The molecular formula is C14H17ClN2. The number of nitrogens with zero attached hydrogens (tertiary/aromatic N) is 1. The lowest BCUT2D eigenvalue weighted by Crippen LogP contribution is -2.15. The summed E-state index contributed by atoms with van der Waals surface area (Å²) in [6.07, 6.45) is 2.11. The zero-order valence-electron chi connectivity index (χ0n) is 9.99. The SMILES string of the molecule is CCn1cccc1CNCc1cccc(Cl)c1. The van der Waals surface area contributed by atoms with Crippen molar-refractivity contribution in [3.8, 4) is 0 Å². The Labute approximate surface area is 107 Å². The summed E-state index contributed by atoms with van der Waals surface area (Å²) in [6, 6.07) is 12.2. The van der Waals surface area contributed by atoms with Crippen molar-refractivity contribution in [1.29, 1.82) is 0 Å². The normalized spacial score (nSPS) is 10.7. The Bertz CT molecular complexity index is 477. The first-order valence-electron chi connectivity index (χ1n) is 5.89. The van der Waals surface area contributed by atoms with Gasteiger partial charge in [0.1, 0.15) is 0 Å². The third-order valence-corrected chi connectivity index (χ3v) is 3.02. The van der Waals surface area contributed by atoms with Crippen molar-refractivity contribution in [1.82, 2.24) is 9.88 Å². The maximum Gasteiger partial charge on any atom is 0.0409 e. The van der Waals surface area contributed by atoms with E-state index in [-0.39, 0.29) is 0 Å². The molecule has 0 atom stereocenters. The average molecular weight is 249 g/mol. The fourth-order valence-electron chi connectivity index (χ4n) is 1.90. The summed E-state index contributed by atoms with van der Waals surface area (Å²) in [7, 11) is 0. The molecule has 0 saturated heterocycles. The summed E-state index contributed by atoms with van der Waals surface area (Å²) in [4.78, 5) is 0. The van der Waals surface area contributed by atoms with Crippen LogP contribution in [-0.2, 0) is 19.6 Å². The van der Waals surface area contributed by atoms with Gasteiger partial charge in [0.25, 0.3) is 0 Å². The van der Waals surface area contributed by atoms with Crippen LogP contribution in [0.25, 0.3) is 0 Å². The summed E-state index contributed by atoms with van der Waals surface area (Å²) >= 11 is 5.94. The van der Waals surface area contributed by atoms with Gasteiger partial charge in [-0.25, -0.2) is 0 Å². The Morgan fingerprint density at radius 3 is 2.82 bits per heavy atom. The van der Waals surface area contributed by atoms with Crippen LogP contribution in [0.2, 0.25) is 5.02 Å². The molecule has 0 amide bonds. The van der Waals surface area contributed by atoms with E-state index in [4.69, 9.17) is 11.6 Å². The van der Waals surface area contributed by atoms with Crippen molar-refractivity contribution in [2.24, 2.45) is 0 Å². The van der Waals surface area contributed by atoms with E-state index in [2.05, 4.69) is 41.2 Å². The molecule has 0 aliphatic heterocycles. The molecule has 0 bridgehead atoms.